The zero-order valence-corrected chi connectivity index (χ0v) is 20.4. The number of nitrogens with zero attached hydrogens (tertiary/aromatic N) is 2. The van der Waals surface area contributed by atoms with Gasteiger partial charge in [-0.05, 0) is 80.2 Å². The zero-order valence-electron chi connectivity index (χ0n) is 19.6. The summed E-state index contributed by atoms with van der Waals surface area (Å²) < 4.78 is 65.4. The summed E-state index contributed by atoms with van der Waals surface area (Å²) in [6.07, 6.45) is -2.28. The van der Waals surface area contributed by atoms with Crippen molar-refractivity contribution in [2.24, 2.45) is 5.92 Å². The Morgan fingerprint density at radius 2 is 1.67 bits per heavy atom. The summed E-state index contributed by atoms with van der Waals surface area (Å²) in [6, 6.07) is 10.5. The third-order valence-corrected chi connectivity index (χ3v) is 9.68. The molecule has 0 aromatic heterocycles. The number of quaternary nitrogens is 1. The fraction of sp³-hybridized carbons (Fsp3) is 0.520. The number of alkyl halides is 3. The van der Waals surface area contributed by atoms with Crippen LogP contribution in [-0.4, -0.2) is 56.7 Å². The molecule has 1 saturated heterocycles. The number of hydrogen-bond acceptors (Lipinski definition) is 3. The van der Waals surface area contributed by atoms with E-state index in [-0.39, 0.29) is 15.1 Å². The second-order valence-electron chi connectivity index (χ2n) is 10.3. The predicted octanol–water partition coefficient (Wildman–Crippen LogP) is 4.25. The molecule has 4 nitrogen and oxygen atoms in total. The second-order valence-corrected chi connectivity index (χ2v) is 13.0. The fourth-order valence-corrected chi connectivity index (χ4v) is 7.52. The van der Waals surface area contributed by atoms with Gasteiger partial charge in [0.1, 0.15) is 6.54 Å². The van der Waals surface area contributed by atoms with Gasteiger partial charge in [-0.1, -0.05) is 24.3 Å². The Morgan fingerprint density at radius 1 is 1.00 bits per heavy atom. The van der Waals surface area contributed by atoms with Gasteiger partial charge >= 0.3 is 16.2 Å². The molecule has 0 N–H and O–H groups in total. The van der Waals surface area contributed by atoms with Crippen LogP contribution in [0.25, 0.3) is 0 Å². The summed E-state index contributed by atoms with van der Waals surface area (Å²) >= 11 is 0. The Balaban J connectivity index is 1.51. The summed E-state index contributed by atoms with van der Waals surface area (Å²) in [5.74, 6) is 0.266. The average molecular weight is 482 g/mol. The molecule has 2 unspecified atom stereocenters. The molecule has 3 atom stereocenters. The van der Waals surface area contributed by atoms with E-state index in [1.165, 1.54) is 23.3 Å². The van der Waals surface area contributed by atoms with Crippen molar-refractivity contribution in [1.82, 2.24) is 4.90 Å². The van der Waals surface area contributed by atoms with E-state index in [4.69, 9.17) is 0 Å². The van der Waals surface area contributed by atoms with Crippen LogP contribution in [-0.2, 0) is 42.0 Å². The highest BCUT2D eigenvalue weighted by molar-refractivity contribution is 7.87. The van der Waals surface area contributed by atoms with Gasteiger partial charge in [-0.15, -0.1) is 0 Å². The van der Waals surface area contributed by atoms with Crippen LogP contribution < -0.4 is 0 Å². The van der Waals surface area contributed by atoms with E-state index in [1.54, 1.807) is 6.92 Å². The third-order valence-electron chi connectivity index (χ3n) is 6.99. The van der Waals surface area contributed by atoms with E-state index in [0.717, 1.165) is 18.4 Å². The molecule has 0 bridgehead atoms. The molecule has 2 aliphatic rings. The van der Waals surface area contributed by atoms with Gasteiger partial charge < -0.3 is 4.90 Å². The minimum absolute atomic E-state index is 0.110. The minimum Gasteiger partial charge on any atom is -0.305 e. The van der Waals surface area contributed by atoms with Gasteiger partial charge in [0.15, 0.2) is 5.25 Å². The summed E-state index contributed by atoms with van der Waals surface area (Å²) in [5, 5.41) is -0.275. The highest BCUT2D eigenvalue weighted by Gasteiger charge is 2.55. The van der Waals surface area contributed by atoms with Gasteiger partial charge in [0, 0.05) is 12.5 Å². The molecule has 0 amide bonds. The first-order chi connectivity index (χ1) is 15.3. The van der Waals surface area contributed by atoms with Crippen molar-refractivity contribution in [3.63, 3.8) is 0 Å². The number of halogens is 3. The van der Waals surface area contributed by atoms with E-state index < -0.39 is 21.8 Å². The summed E-state index contributed by atoms with van der Waals surface area (Å²) in [4.78, 5) is 1.86. The molecule has 1 aliphatic heterocycles. The quantitative estimate of drug-likeness (QED) is 0.579. The smallest absolute Gasteiger partial charge is 0.305 e. The molecule has 8 heteroatoms. The van der Waals surface area contributed by atoms with Crippen LogP contribution in [0, 0.1) is 5.92 Å². The van der Waals surface area contributed by atoms with Crippen molar-refractivity contribution in [3.05, 3.63) is 69.8 Å². The predicted molar refractivity (Wildman–Crippen MR) is 123 cm³/mol. The molecule has 2 aromatic rings. The fourth-order valence-electron chi connectivity index (χ4n) is 5.54. The summed E-state index contributed by atoms with van der Waals surface area (Å²) in [6.45, 7) is 3.48. The Labute approximate surface area is 194 Å². The first kappa shape index (κ1) is 24.2. The highest BCUT2D eigenvalue weighted by Crippen LogP contribution is 2.36. The van der Waals surface area contributed by atoms with E-state index >= 15 is 0 Å². The van der Waals surface area contributed by atoms with Crippen molar-refractivity contribution in [2.75, 3.05) is 34.2 Å². The second kappa shape index (κ2) is 8.40. The van der Waals surface area contributed by atoms with E-state index in [2.05, 4.69) is 12.1 Å². The van der Waals surface area contributed by atoms with E-state index in [0.29, 0.717) is 37.2 Å². The van der Waals surface area contributed by atoms with Crippen LogP contribution in [0.3, 0.4) is 0 Å². The SMILES string of the molecule is CC1C[N+](C)(C[C@H]2Cc3ccc(Cc4cc(CN(C)C)cc(C(F)(F)F)c4)cc3C2)S1(=O)=O. The Hall–Kier alpha value is -1.90. The Bertz CT molecular complexity index is 1160. The summed E-state index contributed by atoms with van der Waals surface area (Å²) in [5.41, 5.74) is 4.08. The van der Waals surface area contributed by atoms with Gasteiger partial charge in [-0.25, -0.2) is 3.89 Å². The lowest BCUT2D eigenvalue weighted by atomic mass is 9.97. The molecule has 33 heavy (non-hydrogen) atoms. The van der Waals surface area contributed by atoms with Crippen LogP contribution in [0.15, 0.2) is 36.4 Å². The maximum Gasteiger partial charge on any atom is 0.416 e. The summed E-state index contributed by atoms with van der Waals surface area (Å²) in [7, 11) is 2.37. The van der Waals surface area contributed by atoms with Crippen molar-refractivity contribution in [2.45, 2.75) is 44.2 Å². The largest absolute Gasteiger partial charge is 0.416 e. The average Bonchev–Trinajstić information content (AvgIpc) is 3.07. The van der Waals surface area contributed by atoms with Crippen molar-refractivity contribution in [1.29, 1.82) is 0 Å². The number of sulfonamides is 1. The van der Waals surface area contributed by atoms with Crippen LogP contribution in [0.5, 0.6) is 0 Å². The van der Waals surface area contributed by atoms with Gasteiger partial charge in [0.05, 0.1) is 19.2 Å². The minimum atomic E-state index is -4.38. The molecule has 0 radical (unpaired) electrons. The molecule has 4 rings (SSSR count). The molecular formula is C25H32F3N2O2S+. The van der Waals surface area contributed by atoms with Gasteiger partial charge in [-0.2, -0.15) is 21.6 Å². The topological polar surface area (TPSA) is 37.4 Å². The van der Waals surface area contributed by atoms with E-state index in [9.17, 15) is 21.6 Å². The maximum absolute atomic E-state index is 13.4. The first-order valence-corrected chi connectivity index (χ1v) is 12.8. The van der Waals surface area contributed by atoms with Crippen molar-refractivity contribution in [3.8, 4) is 0 Å². The lowest BCUT2D eigenvalue weighted by molar-refractivity contribution is -0.808. The van der Waals surface area contributed by atoms with Crippen LogP contribution >= 0.6 is 0 Å². The van der Waals surface area contributed by atoms with Crippen LogP contribution in [0.1, 0.15) is 40.3 Å². The standard InChI is InChI=1S/C25H32F3N2O2S/c1-17-15-30(4,33(17,31)32)16-21-10-22-6-5-18(9-23(22)11-21)7-19-8-20(14-29(2)3)13-24(12-19)25(26,27)28/h5-6,8-9,12-13,17,21H,7,10-11,14-16H2,1-4H3/q+1/t17?,21-,30?/m0/s1. The number of rotatable bonds is 6. The molecule has 180 valence electrons. The van der Waals surface area contributed by atoms with Crippen LogP contribution in [0.2, 0.25) is 0 Å². The maximum atomic E-state index is 13.4. The zero-order chi connectivity index (χ0) is 24.2. The Kier molecular flexibility index (Phi) is 6.16. The number of benzene rings is 2. The van der Waals surface area contributed by atoms with Crippen LogP contribution in [0.4, 0.5) is 13.2 Å². The van der Waals surface area contributed by atoms with E-state index in [1.807, 2.05) is 38.2 Å². The molecule has 0 saturated carbocycles. The lowest BCUT2D eigenvalue weighted by Crippen LogP contribution is -2.68. The molecular weight excluding hydrogens is 449 g/mol. The monoisotopic (exact) mass is 481 g/mol. The molecule has 1 aliphatic carbocycles. The third kappa shape index (κ3) is 4.84. The molecule has 1 fully saturated rings. The van der Waals surface area contributed by atoms with Crippen molar-refractivity contribution < 1.29 is 25.5 Å². The molecule has 1 heterocycles. The molecule has 2 aromatic carbocycles. The van der Waals surface area contributed by atoms with Gasteiger partial charge in [0.25, 0.3) is 0 Å². The van der Waals surface area contributed by atoms with Gasteiger partial charge in [0.2, 0.25) is 0 Å². The number of fused-ring (bicyclic) bond motifs is 1. The lowest BCUT2D eigenvalue weighted by Gasteiger charge is -2.45. The number of hydrogen-bond donors (Lipinski definition) is 0. The first-order valence-electron chi connectivity index (χ1n) is 11.3. The van der Waals surface area contributed by atoms with Gasteiger partial charge in [-0.3, -0.25) is 0 Å². The normalized spacial score (nSPS) is 26.3. The highest BCUT2D eigenvalue weighted by atomic mass is 32.2. The Morgan fingerprint density at radius 3 is 2.27 bits per heavy atom. The van der Waals surface area contributed by atoms with Crippen molar-refractivity contribution >= 4 is 10.0 Å². The molecule has 0 spiro atoms.